The lowest BCUT2D eigenvalue weighted by molar-refractivity contribution is -0.153. The number of carbonyl (C=O) groups excluding carboxylic acids is 3. The number of nitrogens with one attached hydrogen (secondary N) is 1. The fourth-order valence-electron chi connectivity index (χ4n) is 2.80. The van der Waals surface area contributed by atoms with Gasteiger partial charge in [0, 0.05) is 24.5 Å². The summed E-state index contributed by atoms with van der Waals surface area (Å²) in [5, 5.41) is 4.54. The van der Waals surface area contributed by atoms with Crippen LogP contribution in [0.25, 0.3) is 0 Å². The Balaban J connectivity index is 1.97. The van der Waals surface area contributed by atoms with E-state index in [1.165, 1.54) is 0 Å². The summed E-state index contributed by atoms with van der Waals surface area (Å²) >= 11 is 1.13. The van der Waals surface area contributed by atoms with Gasteiger partial charge in [-0.1, -0.05) is 0 Å². The van der Waals surface area contributed by atoms with E-state index in [-0.39, 0.29) is 29.5 Å². The molecule has 1 N–H and O–H groups in total. The molecule has 1 aliphatic heterocycles. The largest absolute Gasteiger partial charge is 0.466 e. The normalized spacial score (nSPS) is 17.7. The van der Waals surface area contributed by atoms with Gasteiger partial charge in [-0.3, -0.25) is 14.4 Å². The predicted molar refractivity (Wildman–Crippen MR) is 99.2 cm³/mol. The molecule has 1 aliphatic rings. The van der Waals surface area contributed by atoms with Crippen LogP contribution in [0.5, 0.6) is 0 Å². The minimum absolute atomic E-state index is 0.126. The first kappa shape index (κ1) is 20.4. The molecule has 0 aliphatic carbocycles. The van der Waals surface area contributed by atoms with Crippen LogP contribution < -0.4 is 5.32 Å². The maximum Gasteiger partial charge on any atom is 0.313 e. The third-order valence-corrected chi connectivity index (χ3v) is 5.34. The molecule has 144 valence electrons. The molecule has 1 saturated heterocycles. The Labute approximate surface area is 158 Å². The maximum absolute atomic E-state index is 12.6. The standard InChI is InChI=1S/C18H27N3O4S/c1-5-25-17(24)18(3,4)11-19-14(22)15-20-13(10-26-15)16(23)21-9-7-6-8-12(21)2/h10,12H,5-9,11H2,1-4H3,(H,19,22)/t12-/m0/s1. The predicted octanol–water partition coefficient (Wildman–Crippen LogP) is 2.48. The molecule has 0 bridgehead atoms. The zero-order chi connectivity index (χ0) is 19.3. The molecule has 0 saturated carbocycles. The lowest BCUT2D eigenvalue weighted by atomic mass is 9.94. The molecule has 8 heteroatoms. The summed E-state index contributed by atoms with van der Waals surface area (Å²) in [5.74, 6) is -0.883. The summed E-state index contributed by atoms with van der Waals surface area (Å²) in [6.45, 7) is 8.35. The molecule has 0 unspecified atom stereocenters. The van der Waals surface area contributed by atoms with Gasteiger partial charge in [0.15, 0.2) is 5.01 Å². The van der Waals surface area contributed by atoms with E-state index in [1.807, 2.05) is 11.8 Å². The second-order valence-electron chi connectivity index (χ2n) is 7.17. The summed E-state index contributed by atoms with van der Waals surface area (Å²) in [7, 11) is 0. The van der Waals surface area contributed by atoms with Crippen molar-refractivity contribution in [1.82, 2.24) is 15.2 Å². The Kier molecular flexibility index (Phi) is 6.75. The number of carbonyl (C=O) groups is 3. The number of piperidine rings is 1. The molecule has 0 radical (unpaired) electrons. The first-order valence-electron chi connectivity index (χ1n) is 8.98. The van der Waals surface area contributed by atoms with E-state index in [1.54, 1.807) is 26.2 Å². The molecule has 7 nitrogen and oxygen atoms in total. The van der Waals surface area contributed by atoms with Crippen LogP contribution in [0.15, 0.2) is 5.38 Å². The van der Waals surface area contributed by atoms with Crippen LogP contribution in [0.4, 0.5) is 0 Å². The lowest BCUT2D eigenvalue weighted by Crippen LogP contribution is -2.42. The molecular weight excluding hydrogens is 354 g/mol. The van der Waals surface area contributed by atoms with Gasteiger partial charge in [0.05, 0.1) is 12.0 Å². The third-order valence-electron chi connectivity index (χ3n) is 4.50. The Hall–Kier alpha value is -1.96. The molecule has 26 heavy (non-hydrogen) atoms. The second kappa shape index (κ2) is 8.62. The van der Waals surface area contributed by atoms with Crippen molar-refractivity contribution in [2.24, 2.45) is 5.41 Å². The number of thiazole rings is 1. The molecule has 2 amide bonds. The highest BCUT2D eigenvalue weighted by molar-refractivity contribution is 7.11. The summed E-state index contributed by atoms with van der Waals surface area (Å²) < 4.78 is 5.00. The third kappa shape index (κ3) is 4.81. The Morgan fingerprint density at radius 3 is 2.77 bits per heavy atom. The van der Waals surface area contributed by atoms with Crippen molar-refractivity contribution in [3.8, 4) is 0 Å². The highest BCUT2D eigenvalue weighted by Gasteiger charge is 2.31. The first-order chi connectivity index (χ1) is 12.3. The van der Waals surface area contributed by atoms with Gasteiger partial charge in [-0.25, -0.2) is 4.98 Å². The van der Waals surface area contributed by atoms with Gasteiger partial charge < -0.3 is 15.0 Å². The van der Waals surface area contributed by atoms with Gasteiger partial charge in [-0.15, -0.1) is 11.3 Å². The summed E-state index contributed by atoms with van der Waals surface area (Å²) in [6, 6.07) is 0.195. The van der Waals surface area contributed by atoms with Gasteiger partial charge >= 0.3 is 5.97 Å². The molecule has 1 atom stereocenters. The van der Waals surface area contributed by atoms with E-state index in [2.05, 4.69) is 10.3 Å². The monoisotopic (exact) mass is 381 g/mol. The highest BCUT2D eigenvalue weighted by Crippen LogP contribution is 2.21. The number of rotatable bonds is 6. The van der Waals surface area contributed by atoms with Crippen LogP contribution in [0.3, 0.4) is 0 Å². The summed E-state index contributed by atoms with van der Waals surface area (Å²) in [6.07, 6.45) is 3.12. The van der Waals surface area contributed by atoms with Crippen molar-refractivity contribution >= 4 is 29.1 Å². The second-order valence-corrected chi connectivity index (χ2v) is 8.03. The number of esters is 1. The van der Waals surface area contributed by atoms with Gasteiger partial charge in [-0.2, -0.15) is 0 Å². The van der Waals surface area contributed by atoms with Crippen molar-refractivity contribution in [2.75, 3.05) is 19.7 Å². The minimum atomic E-state index is -0.829. The van der Waals surface area contributed by atoms with Gasteiger partial charge in [0.1, 0.15) is 5.69 Å². The quantitative estimate of drug-likeness (QED) is 0.765. The molecule has 0 aromatic carbocycles. The molecule has 2 rings (SSSR count). The molecule has 0 spiro atoms. The van der Waals surface area contributed by atoms with E-state index in [9.17, 15) is 14.4 Å². The molecule has 1 aromatic rings. The van der Waals surface area contributed by atoms with Crippen molar-refractivity contribution in [2.45, 2.75) is 53.0 Å². The van der Waals surface area contributed by atoms with Gasteiger partial charge in [0.2, 0.25) is 0 Å². The van der Waals surface area contributed by atoms with Crippen LogP contribution in [-0.4, -0.2) is 53.4 Å². The number of likely N-dealkylation sites (tertiary alicyclic amines) is 1. The smallest absolute Gasteiger partial charge is 0.313 e. The van der Waals surface area contributed by atoms with Crippen LogP contribution in [0, 0.1) is 5.41 Å². The Bertz CT molecular complexity index is 671. The number of hydrogen-bond donors (Lipinski definition) is 1. The topological polar surface area (TPSA) is 88.6 Å². The number of ether oxygens (including phenoxy) is 1. The zero-order valence-corrected chi connectivity index (χ0v) is 16.6. The minimum Gasteiger partial charge on any atom is -0.466 e. The van der Waals surface area contributed by atoms with Crippen molar-refractivity contribution in [3.63, 3.8) is 0 Å². The number of hydrogen-bond acceptors (Lipinski definition) is 6. The number of aromatic nitrogens is 1. The molecule has 2 heterocycles. The van der Waals surface area contributed by atoms with Gasteiger partial charge in [0.25, 0.3) is 11.8 Å². The number of amides is 2. The molecule has 1 aromatic heterocycles. The van der Waals surface area contributed by atoms with Gasteiger partial charge in [-0.05, 0) is 47.0 Å². The summed E-state index contributed by atoms with van der Waals surface area (Å²) in [5.41, 5.74) is -0.524. The Morgan fingerprint density at radius 2 is 2.12 bits per heavy atom. The average Bonchev–Trinajstić information content (AvgIpc) is 3.10. The first-order valence-corrected chi connectivity index (χ1v) is 9.86. The van der Waals surface area contributed by atoms with Crippen LogP contribution in [0.1, 0.15) is 67.2 Å². The van der Waals surface area contributed by atoms with Crippen LogP contribution >= 0.6 is 11.3 Å². The Morgan fingerprint density at radius 1 is 1.38 bits per heavy atom. The molecular formula is C18H27N3O4S. The van der Waals surface area contributed by atoms with Crippen molar-refractivity contribution in [1.29, 1.82) is 0 Å². The van der Waals surface area contributed by atoms with E-state index in [4.69, 9.17) is 4.74 Å². The van der Waals surface area contributed by atoms with Crippen molar-refractivity contribution < 1.29 is 19.1 Å². The number of nitrogens with zero attached hydrogens (tertiary/aromatic N) is 2. The van der Waals surface area contributed by atoms with E-state index in [0.29, 0.717) is 12.3 Å². The van der Waals surface area contributed by atoms with Crippen LogP contribution in [0.2, 0.25) is 0 Å². The highest BCUT2D eigenvalue weighted by atomic mass is 32.1. The maximum atomic E-state index is 12.6. The van der Waals surface area contributed by atoms with E-state index >= 15 is 0 Å². The zero-order valence-electron chi connectivity index (χ0n) is 15.8. The lowest BCUT2D eigenvalue weighted by Gasteiger charge is -2.32. The average molecular weight is 381 g/mol. The van der Waals surface area contributed by atoms with E-state index < -0.39 is 11.3 Å². The fraction of sp³-hybridized carbons (Fsp3) is 0.667. The summed E-state index contributed by atoms with van der Waals surface area (Å²) in [4.78, 5) is 42.8. The van der Waals surface area contributed by atoms with Crippen LogP contribution in [-0.2, 0) is 9.53 Å². The van der Waals surface area contributed by atoms with Crippen molar-refractivity contribution in [3.05, 3.63) is 16.1 Å². The van der Waals surface area contributed by atoms with E-state index in [0.717, 1.165) is 37.1 Å². The SMILES string of the molecule is CCOC(=O)C(C)(C)CNC(=O)c1nc(C(=O)N2CCCC[C@@H]2C)cs1. The fourth-order valence-corrected chi connectivity index (χ4v) is 3.51. The molecule has 1 fully saturated rings.